The Bertz CT molecular complexity index is 733. The molecule has 0 fully saturated rings. The van der Waals surface area contributed by atoms with E-state index in [1.165, 1.54) is 0 Å². The first kappa shape index (κ1) is 11.0. The third-order valence-electron chi connectivity index (χ3n) is 2.86. The predicted molar refractivity (Wildman–Crippen MR) is 73.4 cm³/mol. The highest BCUT2D eigenvalue weighted by atomic mass is 35.5. The van der Waals surface area contributed by atoms with Crippen molar-refractivity contribution in [3.63, 3.8) is 0 Å². The summed E-state index contributed by atoms with van der Waals surface area (Å²) in [5, 5.41) is 0.686. The van der Waals surface area contributed by atoms with Crippen molar-refractivity contribution in [3.05, 3.63) is 41.7 Å². The molecule has 3 aromatic rings. The van der Waals surface area contributed by atoms with Crippen molar-refractivity contribution >= 4 is 28.3 Å². The average molecular weight is 259 g/mol. The van der Waals surface area contributed by atoms with E-state index in [9.17, 15) is 0 Å². The van der Waals surface area contributed by atoms with Crippen molar-refractivity contribution in [2.75, 3.05) is 5.73 Å². The summed E-state index contributed by atoms with van der Waals surface area (Å²) in [7, 11) is 1.93. The molecular formula is C13H11ClN4. The monoisotopic (exact) mass is 258 g/mol. The molecule has 4 nitrogen and oxygen atoms in total. The van der Waals surface area contributed by atoms with Crippen molar-refractivity contribution in [3.8, 4) is 11.4 Å². The van der Waals surface area contributed by atoms with Gasteiger partial charge in [0.1, 0.15) is 5.82 Å². The van der Waals surface area contributed by atoms with Crippen molar-refractivity contribution in [1.29, 1.82) is 0 Å². The van der Waals surface area contributed by atoms with Crippen molar-refractivity contribution in [2.45, 2.75) is 0 Å². The summed E-state index contributed by atoms with van der Waals surface area (Å²) in [4.78, 5) is 8.65. The lowest BCUT2D eigenvalue weighted by molar-refractivity contribution is 0.958. The number of nitrogen functional groups attached to an aromatic ring is 1. The molecule has 1 aromatic carbocycles. The molecule has 2 heterocycles. The highest BCUT2D eigenvalue weighted by molar-refractivity contribution is 6.35. The topological polar surface area (TPSA) is 56.7 Å². The normalized spacial score (nSPS) is 11.0. The number of nitrogens with two attached hydrogens (primary N) is 1. The van der Waals surface area contributed by atoms with Crippen LogP contribution < -0.4 is 5.73 Å². The lowest BCUT2D eigenvalue weighted by atomic mass is 10.2. The number of anilines is 1. The first-order valence-electron chi connectivity index (χ1n) is 5.48. The molecule has 2 aromatic heterocycles. The maximum absolute atomic E-state index is 6.19. The van der Waals surface area contributed by atoms with Crippen LogP contribution in [0.25, 0.3) is 22.4 Å². The van der Waals surface area contributed by atoms with Gasteiger partial charge in [-0.3, -0.25) is 4.98 Å². The summed E-state index contributed by atoms with van der Waals surface area (Å²) in [6, 6.07) is 7.53. The van der Waals surface area contributed by atoms with E-state index < -0.39 is 0 Å². The Labute approximate surface area is 109 Å². The number of benzene rings is 1. The number of rotatable bonds is 1. The highest BCUT2D eigenvalue weighted by Gasteiger charge is 2.12. The van der Waals surface area contributed by atoms with Gasteiger partial charge in [0.2, 0.25) is 0 Å². The summed E-state index contributed by atoms with van der Waals surface area (Å²) < 4.78 is 1.95. The molecule has 0 amide bonds. The molecule has 18 heavy (non-hydrogen) atoms. The Hall–Kier alpha value is -2.07. The zero-order valence-corrected chi connectivity index (χ0v) is 10.5. The van der Waals surface area contributed by atoms with E-state index in [1.807, 2.05) is 35.9 Å². The number of pyridine rings is 1. The van der Waals surface area contributed by atoms with Crippen LogP contribution >= 0.6 is 11.6 Å². The van der Waals surface area contributed by atoms with Crippen LogP contribution in [0.15, 0.2) is 36.7 Å². The summed E-state index contributed by atoms with van der Waals surface area (Å²) in [6.45, 7) is 0. The van der Waals surface area contributed by atoms with E-state index in [2.05, 4.69) is 9.97 Å². The number of hydrogen-bond donors (Lipinski definition) is 1. The summed E-state index contributed by atoms with van der Waals surface area (Å²) in [5.41, 5.74) is 9.02. The minimum absolute atomic E-state index is 0.616. The van der Waals surface area contributed by atoms with Gasteiger partial charge >= 0.3 is 0 Å². The van der Waals surface area contributed by atoms with E-state index in [-0.39, 0.29) is 0 Å². The Morgan fingerprint density at radius 3 is 2.83 bits per heavy atom. The number of aromatic nitrogens is 3. The lowest BCUT2D eigenvalue weighted by Gasteiger charge is -2.03. The largest absolute Gasteiger partial charge is 0.397 e. The molecule has 0 aliphatic rings. The van der Waals surface area contributed by atoms with Gasteiger partial charge in [-0.05, 0) is 18.2 Å². The molecule has 0 aliphatic carbocycles. The Kier molecular flexibility index (Phi) is 2.45. The van der Waals surface area contributed by atoms with E-state index in [4.69, 9.17) is 17.3 Å². The van der Waals surface area contributed by atoms with Gasteiger partial charge < -0.3 is 10.3 Å². The van der Waals surface area contributed by atoms with Crippen LogP contribution in [0.3, 0.4) is 0 Å². The Morgan fingerprint density at radius 1 is 1.28 bits per heavy atom. The summed E-state index contributed by atoms with van der Waals surface area (Å²) >= 11 is 6.19. The number of fused-ring (bicyclic) bond motifs is 1. The van der Waals surface area contributed by atoms with Gasteiger partial charge in [0.05, 0.1) is 21.7 Å². The number of aryl methyl sites for hydroxylation is 1. The molecule has 0 radical (unpaired) electrons. The molecule has 5 heteroatoms. The second-order valence-electron chi connectivity index (χ2n) is 4.11. The number of para-hydroxylation sites is 1. The molecule has 2 N–H and O–H groups in total. The van der Waals surface area contributed by atoms with Gasteiger partial charge in [-0.15, -0.1) is 0 Å². The molecule has 0 unspecified atom stereocenters. The fourth-order valence-corrected chi connectivity index (χ4v) is 2.36. The first-order valence-corrected chi connectivity index (χ1v) is 5.86. The molecule has 3 rings (SSSR count). The highest BCUT2D eigenvalue weighted by Crippen LogP contribution is 2.28. The van der Waals surface area contributed by atoms with Gasteiger partial charge in [-0.2, -0.15) is 0 Å². The third-order valence-corrected chi connectivity index (χ3v) is 3.17. The first-order chi connectivity index (χ1) is 8.66. The standard InChI is InChI=1S/C13H11ClN4/c1-18-12-10(14)3-2-4-11(12)17-13(18)8-5-9(15)7-16-6-8/h2-7H,15H2,1H3. The number of halogens is 1. The van der Waals surface area contributed by atoms with Crippen LogP contribution in [0.1, 0.15) is 0 Å². The SMILES string of the molecule is Cn1c(-c2cncc(N)c2)nc2cccc(Cl)c21. The molecule has 0 saturated carbocycles. The smallest absolute Gasteiger partial charge is 0.142 e. The molecular weight excluding hydrogens is 248 g/mol. The van der Waals surface area contributed by atoms with Gasteiger partial charge in [-0.25, -0.2) is 4.98 Å². The number of nitrogens with zero attached hydrogens (tertiary/aromatic N) is 3. The third kappa shape index (κ3) is 1.62. The molecule has 0 saturated heterocycles. The van der Waals surface area contributed by atoms with E-state index in [0.717, 1.165) is 22.4 Å². The summed E-state index contributed by atoms with van der Waals surface area (Å²) in [6.07, 6.45) is 3.35. The van der Waals surface area contributed by atoms with Crippen LogP contribution in [-0.4, -0.2) is 14.5 Å². The van der Waals surface area contributed by atoms with Gasteiger partial charge in [0.25, 0.3) is 0 Å². The van der Waals surface area contributed by atoms with E-state index >= 15 is 0 Å². The van der Waals surface area contributed by atoms with Crippen molar-refractivity contribution < 1.29 is 0 Å². The van der Waals surface area contributed by atoms with Crippen LogP contribution in [0.5, 0.6) is 0 Å². The molecule has 0 spiro atoms. The minimum Gasteiger partial charge on any atom is -0.397 e. The molecule has 0 aliphatic heterocycles. The molecule has 0 bridgehead atoms. The minimum atomic E-state index is 0.616. The van der Waals surface area contributed by atoms with E-state index in [1.54, 1.807) is 12.4 Å². The second-order valence-corrected chi connectivity index (χ2v) is 4.52. The fourth-order valence-electron chi connectivity index (χ4n) is 2.06. The number of hydrogen-bond acceptors (Lipinski definition) is 3. The Balaban J connectivity index is 2.31. The molecule has 90 valence electrons. The predicted octanol–water partition coefficient (Wildman–Crippen LogP) is 2.87. The van der Waals surface area contributed by atoms with Crippen molar-refractivity contribution in [2.24, 2.45) is 7.05 Å². The van der Waals surface area contributed by atoms with Crippen LogP contribution in [-0.2, 0) is 7.05 Å². The fraction of sp³-hybridized carbons (Fsp3) is 0.0769. The average Bonchev–Trinajstić information content (AvgIpc) is 2.68. The maximum atomic E-state index is 6.19. The molecule has 0 atom stereocenters. The van der Waals surface area contributed by atoms with Gasteiger partial charge in [-0.1, -0.05) is 17.7 Å². The zero-order valence-electron chi connectivity index (χ0n) is 9.76. The van der Waals surface area contributed by atoms with Crippen molar-refractivity contribution in [1.82, 2.24) is 14.5 Å². The van der Waals surface area contributed by atoms with Crippen LogP contribution in [0, 0.1) is 0 Å². The zero-order chi connectivity index (χ0) is 12.7. The lowest BCUT2D eigenvalue weighted by Crippen LogP contribution is -1.95. The van der Waals surface area contributed by atoms with Crippen LogP contribution in [0.2, 0.25) is 5.02 Å². The van der Waals surface area contributed by atoms with Gasteiger partial charge in [0, 0.05) is 25.0 Å². The maximum Gasteiger partial charge on any atom is 0.142 e. The summed E-state index contributed by atoms with van der Waals surface area (Å²) in [5.74, 6) is 0.804. The Morgan fingerprint density at radius 2 is 2.11 bits per heavy atom. The second kappa shape index (κ2) is 3.99. The van der Waals surface area contributed by atoms with E-state index in [0.29, 0.717) is 10.7 Å². The quantitative estimate of drug-likeness (QED) is 0.730. The van der Waals surface area contributed by atoms with Gasteiger partial charge in [0.15, 0.2) is 0 Å². The number of imidazole rings is 1. The van der Waals surface area contributed by atoms with Crippen LogP contribution in [0.4, 0.5) is 5.69 Å².